The van der Waals surface area contributed by atoms with E-state index in [0.29, 0.717) is 16.5 Å². The van der Waals surface area contributed by atoms with Gasteiger partial charge in [-0.15, -0.1) is 0 Å². The zero-order chi connectivity index (χ0) is 22.7. The molecule has 1 saturated heterocycles. The molecule has 0 unspecified atom stereocenters. The van der Waals surface area contributed by atoms with Crippen LogP contribution in [0.4, 0.5) is 0 Å². The fraction of sp³-hybridized carbons (Fsp3) is 0.524. The Hall–Kier alpha value is -2.50. The molecule has 31 heavy (non-hydrogen) atoms. The van der Waals surface area contributed by atoms with E-state index in [1.165, 1.54) is 6.07 Å². The summed E-state index contributed by atoms with van der Waals surface area (Å²) < 4.78 is 21.2. The molecule has 4 N–H and O–H groups in total. The number of rotatable bonds is 7. The Balaban J connectivity index is 1.82. The van der Waals surface area contributed by atoms with Gasteiger partial charge < -0.3 is 39.1 Å². The Bertz CT molecular complexity index is 982. The van der Waals surface area contributed by atoms with Crippen LogP contribution in [-0.2, 0) is 20.7 Å². The number of carbonyl (C=O) groups excluding carboxylic acids is 1. The van der Waals surface area contributed by atoms with Gasteiger partial charge in [0.1, 0.15) is 35.7 Å². The summed E-state index contributed by atoms with van der Waals surface area (Å²) in [6.45, 7) is 3.14. The highest BCUT2D eigenvalue weighted by Gasteiger charge is 2.44. The third kappa shape index (κ3) is 4.89. The van der Waals surface area contributed by atoms with Crippen LogP contribution in [0, 0.1) is 6.92 Å². The fourth-order valence-electron chi connectivity index (χ4n) is 3.50. The van der Waals surface area contributed by atoms with Gasteiger partial charge in [0.2, 0.25) is 6.29 Å². The van der Waals surface area contributed by atoms with Gasteiger partial charge in [0.05, 0.1) is 13.2 Å². The first-order valence-corrected chi connectivity index (χ1v) is 9.96. The first kappa shape index (κ1) is 23.2. The minimum absolute atomic E-state index is 0.0588. The standard InChI is InChI=1S/C21H26O10/c1-3-28-16(23)7-6-13-10(2)12-5-4-11(8-14(12)30-20(13)27)29-21-19(26)18(25)17(24)15(9-22)31-21/h4-5,8,15,17-19,21-22,24-26H,3,6-7,9H2,1-2H3/t15-,17+,18+,19-,21-/m1/s1. The van der Waals surface area contributed by atoms with Crippen molar-refractivity contribution in [2.45, 2.75) is 57.4 Å². The minimum Gasteiger partial charge on any atom is -0.466 e. The van der Waals surface area contributed by atoms with Crippen molar-refractivity contribution >= 4 is 16.9 Å². The summed E-state index contributed by atoms with van der Waals surface area (Å²) in [5.74, 6) is -0.219. The largest absolute Gasteiger partial charge is 0.466 e. The lowest BCUT2D eigenvalue weighted by atomic mass is 9.99. The van der Waals surface area contributed by atoms with Gasteiger partial charge in [-0.2, -0.15) is 0 Å². The molecule has 0 spiro atoms. The summed E-state index contributed by atoms with van der Waals surface area (Å²) in [7, 11) is 0. The number of fused-ring (bicyclic) bond motifs is 1. The van der Waals surface area contributed by atoms with Gasteiger partial charge in [0, 0.05) is 23.4 Å². The van der Waals surface area contributed by atoms with E-state index < -0.39 is 48.9 Å². The van der Waals surface area contributed by atoms with Crippen molar-refractivity contribution in [1.29, 1.82) is 0 Å². The van der Waals surface area contributed by atoms with E-state index in [-0.39, 0.29) is 30.8 Å². The normalized spacial score (nSPS) is 26.1. The van der Waals surface area contributed by atoms with Crippen molar-refractivity contribution in [2.24, 2.45) is 0 Å². The monoisotopic (exact) mass is 438 g/mol. The molecule has 2 heterocycles. The molecule has 3 rings (SSSR count). The Labute approximate surface area is 177 Å². The number of aryl methyl sites for hydroxylation is 1. The second kappa shape index (κ2) is 9.75. The summed E-state index contributed by atoms with van der Waals surface area (Å²) >= 11 is 0. The fourth-order valence-corrected chi connectivity index (χ4v) is 3.50. The molecule has 1 aromatic heterocycles. The zero-order valence-electron chi connectivity index (χ0n) is 17.2. The Kier molecular flexibility index (Phi) is 7.29. The van der Waals surface area contributed by atoms with Gasteiger partial charge in [-0.05, 0) is 38.0 Å². The smallest absolute Gasteiger partial charge is 0.339 e. The number of carbonyl (C=O) groups is 1. The Morgan fingerprint density at radius 2 is 1.90 bits per heavy atom. The van der Waals surface area contributed by atoms with E-state index in [1.54, 1.807) is 26.0 Å². The molecule has 1 fully saturated rings. The summed E-state index contributed by atoms with van der Waals surface area (Å²) in [6.07, 6.45) is -6.85. The molecule has 1 aromatic carbocycles. The molecule has 170 valence electrons. The summed E-state index contributed by atoms with van der Waals surface area (Å²) in [4.78, 5) is 24.0. The van der Waals surface area contributed by atoms with Crippen LogP contribution in [0.15, 0.2) is 27.4 Å². The maximum Gasteiger partial charge on any atom is 0.339 e. The predicted octanol–water partition coefficient (Wildman–Crippen LogP) is -0.224. The highest BCUT2D eigenvalue weighted by molar-refractivity contribution is 5.82. The van der Waals surface area contributed by atoms with Crippen LogP contribution in [-0.4, -0.2) is 70.3 Å². The molecule has 5 atom stereocenters. The van der Waals surface area contributed by atoms with Crippen LogP contribution >= 0.6 is 0 Å². The number of ether oxygens (including phenoxy) is 3. The van der Waals surface area contributed by atoms with Crippen molar-refractivity contribution in [3.05, 3.63) is 39.7 Å². The number of aliphatic hydroxyl groups excluding tert-OH is 4. The quantitative estimate of drug-likeness (QED) is 0.336. The van der Waals surface area contributed by atoms with E-state index in [2.05, 4.69) is 0 Å². The average molecular weight is 438 g/mol. The lowest BCUT2D eigenvalue weighted by molar-refractivity contribution is -0.277. The van der Waals surface area contributed by atoms with Gasteiger partial charge >= 0.3 is 11.6 Å². The number of benzene rings is 1. The second-order valence-corrected chi connectivity index (χ2v) is 7.27. The summed E-state index contributed by atoms with van der Waals surface area (Å²) in [5, 5.41) is 39.8. The topological polar surface area (TPSA) is 156 Å². The van der Waals surface area contributed by atoms with Crippen molar-refractivity contribution < 1.29 is 43.8 Å². The van der Waals surface area contributed by atoms with E-state index in [4.69, 9.17) is 18.6 Å². The molecule has 0 amide bonds. The van der Waals surface area contributed by atoms with E-state index in [9.17, 15) is 30.0 Å². The molecule has 1 aliphatic rings. The van der Waals surface area contributed by atoms with Gasteiger partial charge in [0.25, 0.3) is 0 Å². The Morgan fingerprint density at radius 1 is 1.16 bits per heavy atom. The van der Waals surface area contributed by atoms with Crippen LogP contribution in [0.1, 0.15) is 24.5 Å². The van der Waals surface area contributed by atoms with Crippen molar-refractivity contribution in [1.82, 2.24) is 0 Å². The van der Waals surface area contributed by atoms with E-state index >= 15 is 0 Å². The number of esters is 1. The number of hydrogen-bond donors (Lipinski definition) is 4. The molecule has 0 saturated carbocycles. The summed E-state index contributed by atoms with van der Waals surface area (Å²) in [6, 6.07) is 4.65. The molecular weight excluding hydrogens is 412 g/mol. The van der Waals surface area contributed by atoms with Crippen LogP contribution in [0.3, 0.4) is 0 Å². The van der Waals surface area contributed by atoms with Crippen LogP contribution in [0.2, 0.25) is 0 Å². The van der Waals surface area contributed by atoms with Crippen LogP contribution in [0.25, 0.3) is 11.0 Å². The second-order valence-electron chi connectivity index (χ2n) is 7.27. The number of aliphatic hydroxyl groups is 4. The summed E-state index contributed by atoms with van der Waals surface area (Å²) in [5.41, 5.74) is 0.682. The minimum atomic E-state index is -1.57. The number of hydrogen-bond acceptors (Lipinski definition) is 10. The maximum absolute atomic E-state index is 12.4. The SMILES string of the molecule is CCOC(=O)CCc1c(C)c2ccc(O[C@@H]3O[C@H](CO)[C@H](O)[C@H](O)[C@H]3O)cc2oc1=O. The van der Waals surface area contributed by atoms with Crippen molar-refractivity contribution in [3.8, 4) is 5.75 Å². The van der Waals surface area contributed by atoms with Gasteiger partial charge in [-0.3, -0.25) is 4.79 Å². The lowest BCUT2D eigenvalue weighted by Gasteiger charge is -2.39. The first-order valence-electron chi connectivity index (χ1n) is 9.96. The molecule has 0 aliphatic carbocycles. The zero-order valence-corrected chi connectivity index (χ0v) is 17.2. The first-order chi connectivity index (χ1) is 14.8. The molecular formula is C21H26O10. The molecule has 10 nitrogen and oxygen atoms in total. The van der Waals surface area contributed by atoms with Crippen molar-refractivity contribution in [3.63, 3.8) is 0 Å². The molecule has 1 aliphatic heterocycles. The Morgan fingerprint density at radius 3 is 2.58 bits per heavy atom. The van der Waals surface area contributed by atoms with E-state index in [0.717, 1.165) is 0 Å². The molecule has 0 radical (unpaired) electrons. The third-order valence-electron chi connectivity index (χ3n) is 5.24. The van der Waals surface area contributed by atoms with Gasteiger partial charge in [-0.1, -0.05) is 0 Å². The van der Waals surface area contributed by atoms with Crippen LogP contribution < -0.4 is 10.4 Å². The average Bonchev–Trinajstić information content (AvgIpc) is 2.74. The highest BCUT2D eigenvalue weighted by Crippen LogP contribution is 2.28. The van der Waals surface area contributed by atoms with Crippen molar-refractivity contribution in [2.75, 3.05) is 13.2 Å². The highest BCUT2D eigenvalue weighted by atomic mass is 16.7. The predicted molar refractivity (Wildman–Crippen MR) is 107 cm³/mol. The molecule has 10 heteroatoms. The maximum atomic E-state index is 12.4. The van der Waals surface area contributed by atoms with E-state index in [1.807, 2.05) is 0 Å². The van der Waals surface area contributed by atoms with Gasteiger partial charge in [-0.25, -0.2) is 4.79 Å². The van der Waals surface area contributed by atoms with Gasteiger partial charge in [0.15, 0.2) is 0 Å². The lowest BCUT2D eigenvalue weighted by Crippen LogP contribution is -2.60. The molecule has 2 aromatic rings. The van der Waals surface area contributed by atoms with Crippen LogP contribution in [0.5, 0.6) is 5.75 Å². The third-order valence-corrected chi connectivity index (χ3v) is 5.24. The molecule has 0 bridgehead atoms.